The Hall–Kier alpha value is -2.42. The van der Waals surface area contributed by atoms with Gasteiger partial charge in [-0.1, -0.05) is 12.1 Å². The predicted octanol–water partition coefficient (Wildman–Crippen LogP) is 1.92. The number of carbonyl (C=O) groups excluding carboxylic acids is 1. The SMILES string of the molecule is Cc1cccc(N2CCN(C(=O)Cn3nc(C(O)N4CCC(N)CC4)c4c3C[C@H]3C[C@@H]43)CC2)c1C. The van der Waals surface area contributed by atoms with E-state index in [1.165, 1.54) is 34.5 Å². The molecule has 6 rings (SSSR count). The fourth-order valence-electron chi connectivity index (χ4n) is 6.39. The Balaban J connectivity index is 1.14. The van der Waals surface area contributed by atoms with Crippen LogP contribution in [0.2, 0.25) is 0 Å². The van der Waals surface area contributed by atoms with Gasteiger partial charge in [-0.15, -0.1) is 0 Å². The number of aliphatic hydroxyl groups excluding tert-OH is 1. The number of fused-ring (bicyclic) bond motifs is 3. The molecule has 3 heterocycles. The summed E-state index contributed by atoms with van der Waals surface area (Å²) < 4.78 is 1.91. The number of hydrogen-bond donors (Lipinski definition) is 2. The van der Waals surface area contributed by atoms with E-state index in [1.807, 2.05) is 9.58 Å². The molecule has 188 valence electrons. The lowest BCUT2D eigenvalue weighted by Gasteiger charge is -2.37. The molecule has 1 aromatic carbocycles. The van der Waals surface area contributed by atoms with Crippen LogP contribution in [0.3, 0.4) is 0 Å². The molecule has 0 bridgehead atoms. The maximum Gasteiger partial charge on any atom is 0.244 e. The second kappa shape index (κ2) is 8.91. The third kappa shape index (κ3) is 4.15. The van der Waals surface area contributed by atoms with Crippen LogP contribution in [-0.4, -0.2) is 75.9 Å². The van der Waals surface area contributed by atoms with Gasteiger partial charge < -0.3 is 20.6 Å². The molecule has 2 saturated heterocycles. The Morgan fingerprint density at radius 2 is 1.89 bits per heavy atom. The molecule has 1 saturated carbocycles. The summed E-state index contributed by atoms with van der Waals surface area (Å²) in [5.74, 6) is 1.32. The number of nitrogens with two attached hydrogens (primary N) is 1. The Labute approximate surface area is 207 Å². The van der Waals surface area contributed by atoms with Crippen molar-refractivity contribution >= 4 is 11.6 Å². The number of likely N-dealkylation sites (tertiary alicyclic amines) is 1. The molecule has 2 aliphatic heterocycles. The van der Waals surface area contributed by atoms with Crippen molar-refractivity contribution in [2.24, 2.45) is 11.7 Å². The van der Waals surface area contributed by atoms with Gasteiger partial charge in [0.2, 0.25) is 5.91 Å². The van der Waals surface area contributed by atoms with E-state index in [0.29, 0.717) is 11.8 Å². The van der Waals surface area contributed by atoms with Crippen molar-refractivity contribution in [3.8, 4) is 0 Å². The van der Waals surface area contributed by atoms with E-state index in [2.05, 4.69) is 41.8 Å². The van der Waals surface area contributed by atoms with Crippen molar-refractivity contribution in [1.82, 2.24) is 19.6 Å². The summed E-state index contributed by atoms with van der Waals surface area (Å²) in [6.07, 6.45) is 3.28. The summed E-state index contributed by atoms with van der Waals surface area (Å²) >= 11 is 0. The highest BCUT2D eigenvalue weighted by Crippen LogP contribution is 2.58. The summed E-state index contributed by atoms with van der Waals surface area (Å²) in [6, 6.07) is 6.67. The van der Waals surface area contributed by atoms with E-state index in [0.717, 1.165) is 64.2 Å². The van der Waals surface area contributed by atoms with Gasteiger partial charge >= 0.3 is 0 Å². The maximum absolute atomic E-state index is 13.3. The summed E-state index contributed by atoms with van der Waals surface area (Å²) in [7, 11) is 0. The van der Waals surface area contributed by atoms with Gasteiger partial charge in [0.15, 0.2) is 6.23 Å². The number of anilines is 1. The number of piperidine rings is 1. The van der Waals surface area contributed by atoms with Gasteiger partial charge in [-0.2, -0.15) is 5.10 Å². The molecule has 3 N–H and O–H groups in total. The fraction of sp³-hybridized carbons (Fsp3) is 0.630. The number of rotatable bonds is 5. The number of amides is 1. The van der Waals surface area contributed by atoms with Crippen molar-refractivity contribution in [2.75, 3.05) is 44.2 Å². The first kappa shape index (κ1) is 23.0. The quantitative estimate of drug-likeness (QED) is 0.683. The number of aromatic nitrogens is 2. The predicted molar refractivity (Wildman–Crippen MR) is 135 cm³/mol. The second-order valence-corrected chi connectivity index (χ2v) is 11.0. The van der Waals surface area contributed by atoms with E-state index in [-0.39, 0.29) is 18.5 Å². The molecule has 3 atom stereocenters. The van der Waals surface area contributed by atoms with Gasteiger partial charge in [-0.25, -0.2) is 0 Å². The third-order valence-corrected chi connectivity index (χ3v) is 8.87. The van der Waals surface area contributed by atoms with Crippen molar-refractivity contribution < 1.29 is 9.90 Å². The number of hydrogen-bond acceptors (Lipinski definition) is 6. The largest absolute Gasteiger partial charge is 0.372 e. The zero-order valence-electron chi connectivity index (χ0n) is 21.0. The summed E-state index contributed by atoms with van der Waals surface area (Å²) in [6.45, 7) is 9.32. The minimum Gasteiger partial charge on any atom is -0.372 e. The molecule has 0 radical (unpaired) electrons. The average molecular weight is 479 g/mol. The van der Waals surface area contributed by atoms with Gasteiger partial charge in [-0.05, 0) is 68.6 Å². The number of nitrogens with zero attached hydrogens (tertiary/aromatic N) is 5. The maximum atomic E-state index is 13.3. The molecular formula is C27H38N6O2. The Morgan fingerprint density at radius 1 is 1.14 bits per heavy atom. The molecule has 1 unspecified atom stereocenters. The second-order valence-electron chi connectivity index (χ2n) is 11.0. The van der Waals surface area contributed by atoms with Crippen LogP contribution in [0.15, 0.2) is 18.2 Å². The first-order valence-corrected chi connectivity index (χ1v) is 13.3. The number of aryl methyl sites for hydroxylation is 1. The molecule has 8 heteroatoms. The zero-order valence-corrected chi connectivity index (χ0v) is 21.0. The molecule has 2 aromatic rings. The van der Waals surface area contributed by atoms with Crippen molar-refractivity contribution in [3.05, 3.63) is 46.3 Å². The van der Waals surface area contributed by atoms with Crippen LogP contribution in [-0.2, 0) is 17.8 Å². The highest BCUT2D eigenvalue weighted by Gasteiger charge is 2.50. The normalized spacial score (nSPS) is 25.5. The first-order chi connectivity index (χ1) is 16.9. The highest BCUT2D eigenvalue weighted by molar-refractivity contribution is 5.76. The van der Waals surface area contributed by atoms with E-state index >= 15 is 0 Å². The summed E-state index contributed by atoms with van der Waals surface area (Å²) in [4.78, 5) is 19.8. The molecule has 1 amide bonds. The van der Waals surface area contributed by atoms with E-state index < -0.39 is 6.23 Å². The number of aliphatic hydroxyl groups is 1. The van der Waals surface area contributed by atoms with Crippen LogP contribution < -0.4 is 10.6 Å². The van der Waals surface area contributed by atoms with Crippen LogP contribution in [0, 0.1) is 19.8 Å². The number of benzene rings is 1. The lowest BCUT2D eigenvalue weighted by molar-refractivity contribution is -0.132. The Morgan fingerprint density at radius 3 is 2.63 bits per heavy atom. The molecule has 35 heavy (non-hydrogen) atoms. The van der Waals surface area contributed by atoms with Gasteiger partial charge in [0.05, 0.1) is 0 Å². The van der Waals surface area contributed by atoms with Gasteiger partial charge in [0, 0.05) is 62.3 Å². The fourth-order valence-corrected chi connectivity index (χ4v) is 6.39. The standard InChI is InChI=1S/C27H38N6O2/c1-17-4-3-5-22(18(17)2)30-10-12-31(13-11-30)24(34)16-33-23-15-19-14-21(19)25(23)26(29-33)27(35)32-8-6-20(28)7-9-32/h3-5,19-21,27,35H,6-16,28H2,1-2H3/t19-,21-,27?/m1/s1. The minimum atomic E-state index is -0.701. The highest BCUT2D eigenvalue weighted by atomic mass is 16.3. The monoisotopic (exact) mass is 478 g/mol. The van der Waals surface area contributed by atoms with E-state index in [9.17, 15) is 9.90 Å². The Bertz CT molecular complexity index is 1110. The lowest BCUT2D eigenvalue weighted by Crippen LogP contribution is -2.50. The number of carbonyl (C=O) groups is 1. The minimum absolute atomic E-state index is 0.126. The topological polar surface area (TPSA) is 90.9 Å². The van der Waals surface area contributed by atoms with Crippen LogP contribution in [0.1, 0.15) is 59.5 Å². The van der Waals surface area contributed by atoms with E-state index in [4.69, 9.17) is 10.8 Å². The lowest BCUT2D eigenvalue weighted by atomic mass is 10.0. The molecule has 4 aliphatic rings. The Kier molecular flexibility index (Phi) is 5.86. The zero-order chi connectivity index (χ0) is 24.3. The molecule has 0 spiro atoms. The van der Waals surface area contributed by atoms with Gasteiger partial charge in [0.1, 0.15) is 12.2 Å². The van der Waals surface area contributed by atoms with Crippen molar-refractivity contribution in [1.29, 1.82) is 0 Å². The molecule has 2 aliphatic carbocycles. The summed E-state index contributed by atoms with van der Waals surface area (Å²) in [5, 5.41) is 16.1. The van der Waals surface area contributed by atoms with Crippen LogP contribution in [0.4, 0.5) is 5.69 Å². The van der Waals surface area contributed by atoms with Crippen LogP contribution in [0.25, 0.3) is 0 Å². The van der Waals surface area contributed by atoms with Crippen LogP contribution in [0.5, 0.6) is 0 Å². The molecule has 1 aromatic heterocycles. The van der Waals surface area contributed by atoms with E-state index in [1.54, 1.807) is 0 Å². The number of piperazine rings is 1. The first-order valence-electron chi connectivity index (χ1n) is 13.3. The third-order valence-electron chi connectivity index (χ3n) is 8.87. The molecular weight excluding hydrogens is 440 g/mol. The van der Waals surface area contributed by atoms with Crippen LogP contribution >= 0.6 is 0 Å². The van der Waals surface area contributed by atoms with Crippen molar-refractivity contribution in [3.63, 3.8) is 0 Å². The summed E-state index contributed by atoms with van der Waals surface area (Å²) in [5.41, 5.74) is 13.2. The smallest absolute Gasteiger partial charge is 0.244 e. The van der Waals surface area contributed by atoms with Gasteiger partial charge in [-0.3, -0.25) is 14.4 Å². The molecule has 8 nitrogen and oxygen atoms in total. The van der Waals surface area contributed by atoms with Gasteiger partial charge in [0.25, 0.3) is 0 Å². The average Bonchev–Trinajstić information content (AvgIpc) is 3.39. The van der Waals surface area contributed by atoms with Crippen molar-refractivity contribution in [2.45, 2.75) is 64.3 Å². The molecule has 3 fully saturated rings.